The van der Waals surface area contributed by atoms with Gasteiger partial charge in [0.15, 0.2) is 0 Å². The monoisotopic (exact) mass is 200 g/mol. The number of nitrogens with one attached hydrogen (secondary N) is 1. The average Bonchev–Trinajstić information content (AvgIpc) is 2.14. The highest BCUT2D eigenvalue weighted by Gasteiger charge is 2.12. The molecule has 0 aliphatic heterocycles. The summed E-state index contributed by atoms with van der Waals surface area (Å²) in [5.74, 6) is 0. The van der Waals surface area contributed by atoms with Crippen molar-refractivity contribution in [3.8, 4) is 0 Å². The lowest BCUT2D eigenvalue weighted by atomic mass is 10.2. The van der Waals surface area contributed by atoms with Crippen molar-refractivity contribution in [2.75, 3.05) is 13.1 Å². The predicted octanol–water partition coefficient (Wildman–Crippen LogP) is 1.38. The summed E-state index contributed by atoms with van der Waals surface area (Å²) in [4.78, 5) is 21.6. The number of unbranched alkanes of at least 4 members (excludes halogenated alkanes) is 1. The minimum Gasteiger partial charge on any atom is -0.465 e. The standard InChI is InChI=1S/C9H16N2O3/c1-2-3-4-8(10)7-11(5-6-12)9(13)14/h6,10H,2-5,7H2,1H3,(H,13,14). The minimum atomic E-state index is -1.15. The number of carbonyl (C=O) groups is 2. The van der Waals surface area contributed by atoms with Gasteiger partial charge in [-0.25, -0.2) is 4.79 Å². The van der Waals surface area contributed by atoms with E-state index in [9.17, 15) is 9.59 Å². The van der Waals surface area contributed by atoms with E-state index in [1.165, 1.54) is 0 Å². The summed E-state index contributed by atoms with van der Waals surface area (Å²) in [6.45, 7) is 1.88. The van der Waals surface area contributed by atoms with Gasteiger partial charge in [-0.05, 0) is 12.8 Å². The lowest BCUT2D eigenvalue weighted by Gasteiger charge is -2.16. The lowest BCUT2D eigenvalue weighted by molar-refractivity contribution is -0.108. The number of rotatable bonds is 7. The predicted molar refractivity (Wildman–Crippen MR) is 52.9 cm³/mol. The summed E-state index contributed by atoms with van der Waals surface area (Å²) in [5, 5.41) is 16.1. The van der Waals surface area contributed by atoms with Crippen LogP contribution in [0.4, 0.5) is 4.79 Å². The highest BCUT2D eigenvalue weighted by molar-refractivity contribution is 5.86. The number of hydrogen-bond acceptors (Lipinski definition) is 3. The molecule has 0 aliphatic carbocycles. The molecule has 0 aromatic carbocycles. The zero-order valence-corrected chi connectivity index (χ0v) is 8.32. The molecule has 2 N–H and O–H groups in total. The van der Waals surface area contributed by atoms with Gasteiger partial charge in [-0.1, -0.05) is 13.3 Å². The van der Waals surface area contributed by atoms with Crippen LogP contribution in [0, 0.1) is 5.41 Å². The molecule has 0 rings (SSSR count). The molecule has 0 fully saturated rings. The molecule has 0 aromatic heterocycles. The topological polar surface area (TPSA) is 81.5 Å². The smallest absolute Gasteiger partial charge is 0.408 e. The molecule has 0 unspecified atom stereocenters. The van der Waals surface area contributed by atoms with E-state index in [-0.39, 0.29) is 13.1 Å². The van der Waals surface area contributed by atoms with Crippen LogP contribution in [0.15, 0.2) is 0 Å². The fraction of sp³-hybridized carbons (Fsp3) is 0.667. The van der Waals surface area contributed by atoms with Gasteiger partial charge < -0.3 is 15.3 Å². The van der Waals surface area contributed by atoms with E-state index < -0.39 is 6.09 Å². The Hall–Kier alpha value is -1.39. The van der Waals surface area contributed by atoms with Crippen LogP contribution in [0.25, 0.3) is 0 Å². The molecule has 0 aromatic rings. The first kappa shape index (κ1) is 12.6. The van der Waals surface area contributed by atoms with E-state index in [2.05, 4.69) is 0 Å². The number of hydrogen-bond donors (Lipinski definition) is 2. The van der Waals surface area contributed by atoms with Crippen LogP contribution in [-0.4, -0.2) is 41.2 Å². The summed E-state index contributed by atoms with van der Waals surface area (Å²) in [5.41, 5.74) is 0.358. The molecular formula is C9H16N2O3. The summed E-state index contributed by atoms with van der Waals surface area (Å²) in [6, 6.07) is 0. The Bertz CT molecular complexity index is 216. The Morgan fingerprint density at radius 3 is 2.64 bits per heavy atom. The molecule has 1 amide bonds. The van der Waals surface area contributed by atoms with E-state index in [0.29, 0.717) is 18.4 Å². The van der Waals surface area contributed by atoms with Crippen molar-refractivity contribution in [2.45, 2.75) is 26.2 Å². The number of amides is 1. The van der Waals surface area contributed by atoms with Crippen molar-refractivity contribution in [3.63, 3.8) is 0 Å². The van der Waals surface area contributed by atoms with Gasteiger partial charge in [0.2, 0.25) is 0 Å². The number of aldehydes is 1. The van der Waals surface area contributed by atoms with Crippen LogP contribution in [0.5, 0.6) is 0 Å². The molecular weight excluding hydrogens is 184 g/mol. The molecule has 0 atom stereocenters. The Kier molecular flexibility index (Phi) is 6.36. The quantitative estimate of drug-likeness (QED) is 0.481. The second-order valence-corrected chi connectivity index (χ2v) is 3.04. The highest BCUT2D eigenvalue weighted by atomic mass is 16.4. The van der Waals surface area contributed by atoms with Gasteiger partial charge >= 0.3 is 6.09 Å². The second-order valence-electron chi connectivity index (χ2n) is 3.04. The van der Waals surface area contributed by atoms with Crippen molar-refractivity contribution in [3.05, 3.63) is 0 Å². The molecule has 0 radical (unpaired) electrons. The van der Waals surface area contributed by atoms with Gasteiger partial charge in [0.1, 0.15) is 6.29 Å². The maximum absolute atomic E-state index is 10.6. The molecule has 80 valence electrons. The van der Waals surface area contributed by atoms with Gasteiger partial charge in [0.05, 0.1) is 13.1 Å². The summed E-state index contributed by atoms with van der Waals surface area (Å²) < 4.78 is 0. The molecule has 5 heteroatoms. The van der Waals surface area contributed by atoms with Crippen molar-refractivity contribution < 1.29 is 14.7 Å². The van der Waals surface area contributed by atoms with E-state index in [0.717, 1.165) is 17.7 Å². The maximum Gasteiger partial charge on any atom is 0.408 e. The van der Waals surface area contributed by atoms with Crippen molar-refractivity contribution in [1.82, 2.24) is 4.90 Å². The minimum absolute atomic E-state index is 0.0358. The fourth-order valence-electron chi connectivity index (χ4n) is 1.000. The summed E-state index contributed by atoms with van der Waals surface area (Å²) in [7, 11) is 0. The molecule has 0 saturated heterocycles. The first-order valence-corrected chi connectivity index (χ1v) is 4.59. The third-order valence-electron chi connectivity index (χ3n) is 1.78. The molecule has 0 bridgehead atoms. The van der Waals surface area contributed by atoms with Gasteiger partial charge in [-0.15, -0.1) is 0 Å². The SMILES string of the molecule is CCCCC(=N)CN(CC=O)C(=O)O. The Morgan fingerprint density at radius 2 is 2.21 bits per heavy atom. The van der Waals surface area contributed by atoms with E-state index in [1.807, 2.05) is 6.92 Å². The van der Waals surface area contributed by atoms with Crippen LogP contribution in [0.1, 0.15) is 26.2 Å². The molecule has 0 aliphatic rings. The zero-order valence-electron chi connectivity index (χ0n) is 8.32. The second kappa shape index (κ2) is 7.06. The van der Waals surface area contributed by atoms with Crippen molar-refractivity contribution in [2.24, 2.45) is 0 Å². The van der Waals surface area contributed by atoms with E-state index >= 15 is 0 Å². The van der Waals surface area contributed by atoms with Gasteiger partial charge in [-0.3, -0.25) is 4.90 Å². The van der Waals surface area contributed by atoms with Crippen LogP contribution >= 0.6 is 0 Å². The highest BCUT2D eigenvalue weighted by Crippen LogP contribution is 1.98. The summed E-state index contributed by atoms with van der Waals surface area (Å²) in [6.07, 6.45) is 1.83. The average molecular weight is 200 g/mol. The Balaban J connectivity index is 3.95. The third-order valence-corrected chi connectivity index (χ3v) is 1.78. The molecule has 0 spiro atoms. The van der Waals surface area contributed by atoms with E-state index in [1.54, 1.807) is 0 Å². The first-order valence-electron chi connectivity index (χ1n) is 4.59. The fourth-order valence-corrected chi connectivity index (χ4v) is 1.000. The number of carbonyl (C=O) groups excluding carboxylic acids is 1. The van der Waals surface area contributed by atoms with E-state index in [4.69, 9.17) is 10.5 Å². The maximum atomic E-state index is 10.6. The Labute approximate surface area is 83.2 Å². The summed E-state index contributed by atoms with van der Waals surface area (Å²) >= 11 is 0. The molecule has 0 saturated carbocycles. The molecule has 0 heterocycles. The van der Waals surface area contributed by atoms with Crippen LogP contribution < -0.4 is 0 Å². The first-order chi connectivity index (χ1) is 6.61. The normalized spacial score (nSPS) is 9.50. The number of nitrogens with zero attached hydrogens (tertiary/aromatic N) is 1. The third kappa shape index (κ3) is 5.29. The Morgan fingerprint density at radius 1 is 1.57 bits per heavy atom. The van der Waals surface area contributed by atoms with Gasteiger partial charge in [-0.2, -0.15) is 0 Å². The molecule has 5 nitrogen and oxygen atoms in total. The largest absolute Gasteiger partial charge is 0.465 e. The van der Waals surface area contributed by atoms with Gasteiger partial charge in [0.25, 0.3) is 0 Å². The van der Waals surface area contributed by atoms with Crippen LogP contribution in [0.2, 0.25) is 0 Å². The van der Waals surface area contributed by atoms with Crippen LogP contribution in [0.3, 0.4) is 0 Å². The van der Waals surface area contributed by atoms with Crippen molar-refractivity contribution >= 4 is 18.1 Å². The van der Waals surface area contributed by atoms with Crippen molar-refractivity contribution in [1.29, 1.82) is 5.41 Å². The number of carboxylic acid groups (broad SMARTS) is 1. The zero-order chi connectivity index (χ0) is 11.0. The lowest BCUT2D eigenvalue weighted by Crippen LogP contribution is -2.35. The van der Waals surface area contributed by atoms with Gasteiger partial charge in [0, 0.05) is 5.71 Å². The van der Waals surface area contributed by atoms with Crippen LogP contribution in [-0.2, 0) is 4.79 Å². The molecule has 14 heavy (non-hydrogen) atoms.